The molecule has 1 aromatic rings. The van der Waals surface area contributed by atoms with Crippen LogP contribution in [0.5, 0.6) is 0 Å². The van der Waals surface area contributed by atoms with Crippen molar-refractivity contribution in [1.29, 1.82) is 0 Å². The summed E-state index contributed by atoms with van der Waals surface area (Å²) in [5.74, 6) is 0. The fourth-order valence-electron chi connectivity index (χ4n) is 4.09. The van der Waals surface area contributed by atoms with Crippen molar-refractivity contribution in [1.82, 2.24) is 15.1 Å². The molecule has 3 heteroatoms. The highest BCUT2D eigenvalue weighted by molar-refractivity contribution is 5.24. The molecule has 1 aromatic heterocycles. The minimum atomic E-state index is 0.543. The highest BCUT2D eigenvalue weighted by Gasteiger charge is 2.25. The van der Waals surface area contributed by atoms with Gasteiger partial charge in [-0.3, -0.25) is 4.68 Å². The number of fused-ring (bicyclic) bond motifs is 1. The molecule has 2 aliphatic carbocycles. The van der Waals surface area contributed by atoms with Crippen LogP contribution in [-0.2, 0) is 6.42 Å². The zero-order valence-corrected chi connectivity index (χ0v) is 13.6. The molecule has 1 atom stereocenters. The smallest absolute Gasteiger partial charge is 0.0540 e. The number of hydrogen-bond acceptors (Lipinski definition) is 2. The first kappa shape index (κ1) is 15.1. The van der Waals surface area contributed by atoms with E-state index in [1.807, 2.05) is 0 Å². The zero-order chi connectivity index (χ0) is 14.5. The molecule has 3 rings (SSSR count). The van der Waals surface area contributed by atoms with E-state index in [1.54, 1.807) is 5.69 Å². The summed E-state index contributed by atoms with van der Waals surface area (Å²) < 4.78 is 2.42. The summed E-state index contributed by atoms with van der Waals surface area (Å²) in [6, 6.07) is 1.21. The Hall–Kier alpha value is -0.830. The Morgan fingerprint density at radius 2 is 1.86 bits per heavy atom. The Kier molecular flexibility index (Phi) is 5.34. The number of rotatable bonds is 4. The predicted molar refractivity (Wildman–Crippen MR) is 87.6 cm³/mol. The Balaban J connectivity index is 1.81. The minimum absolute atomic E-state index is 0.543. The summed E-state index contributed by atoms with van der Waals surface area (Å²) in [4.78, 5) is 0. The highest BCUT2D eigenvalue weighted by Crippen LogP contribution is 2.33. The minimum Gasteiger partial charge on any atom is -0.310 e. The molecule has 0 saturated heterocycles. The average molecular weight is 289 g/mol. The third-order valence-corrected chi connectivity index (χ3v) is 5.27. The Bertz CT molecular complexity index is 430. The maximum absolute atomic E-state index is 4.84. The van der Waals surface area contributed by atoms with Gasteiger partial charge in [-0.25, -0.2) is 0 Å². The first-order valence-corrected chi connectivity index (χ1v) is 9.19. The monoisotopic (exact) mass is 289 g/mol. The SMILES string of the molecule is CCCNC1CCCCc2c1cnn2C1CCCCCC1. The van der Waals surface area contributed by atoms with E-state index in [2.05, 4.69) is 23.1 Å². The van der Waals surface area contributed by atoms with Gasteiger partial charge in [-0.1, -0.05) is 39.0 Å². The van der Waals surface area contributed by atoms with E-state index < -0.39 is 0 Å². The van der Waals surface area contributed by atoms with Gasteiger partial charge in [-0.15, -0.1) is 0 Å². The summed E-state index contributed by atoms with van der Waals surface area (Å²) in [5, 5.41) is 8.58. The van der Waals surface area contributed by atoms with Crippen LogP contribution < -0.4 is 5.32 Å². The third-order valence-electron chi connectivity index (χ3n) is 5.27. The van der Waals surface area contributed by atoms with Crippen molar-refractivity contribution >= 4 is 0 Å². The summed E-state index contributed by atoms with van der Waals surface area (Å²) in [6.07, 6.45) is 16.9. The Morgan fingerprint density at radius 1 is 1.10 bits per heavy atom. The molecule has 1 unspecified atom stereocenters. The molecule has 0 amide bonds. The van der Waals surface area contributed by atoms with Crippen molar-refractivity contribution in [2.75, 3.05) is 6.54 Å². The van der Waals surface area contributed by atoms with Crippen LogP contribution in [0.3, 0.4) is 0 Å². The Labute approximate surface area is 129 Å². The molecule has 1 heterocycles. The van der Waals surface area contributed by atoms with E-state index in [4.69, 9.17) is 5.10 Å². The molecule has 0 spiro atoms. The molecular weight excluding hydrogens is 258 g/mol. The van der Waals surface area contributed by atoms with Gasteiger partial charge >= 0.3 is 0 Å². The van der Waals surface area contributed by atoms with Gasteiger partial charge in [0.2, 0.25) is 0 Å². The van der Waals surface area contributed by atoms with Gasteiger partial charge in [0.15, 0.2) is 0 Å². The Morgan fingerprint density at radius 3 is 2.62 bits per heavy atom. The molecule has 0 aromatic carbocycles. The highest BCUT2D eigenvalue weighted by atomic mass is 15.3. The maximum Gasteiger partial charge on any atom is 0.0540 e. The summed E-state index contributed by atoms with van der Waals surface area (Å²) in [7, 11) is 0. The molecule has 1 N–H and O–H groups in total. The fourth-order valence-corrected chi connectivity index (χ4v) is 4.09. The summed E-state index contributed by atoms with van der Waals surface area (Å²) in [6.45, 7) is 3.37. The topological polar surface area (TPSA) is 29.9 Å². The third kappa shape index (κ3) is 3.50. The molecule has 21 heavy (non-hydrogen) atoms. The molecule has 1 fully saturated rings. The lowest BCUT2D eigenvalue weighted by molar-refractivity contribution is 0.392. The van der Waals surface area contributed by atoms with Crippen LogP contribution in [0.15, 0.2) is 6.20 Å². The van der Waals surface area contributed by atoms with Crippen LogP contribution >= 0.6 is 0 Å². The van der Waals surface area contributed by atoms with Crippen LogP contribution in [0, 0.1) is 0 Å². The van der Waals surface area contributed by atoms with Gasteiger partial charge in [0.1, 0.15) is 0 Å². The molecule has 0 aliphatic heterocycles. The first-order chi connectivity index (χ1) is 10.4. The van der Waals surface area contributed by atoms with Crippen LogP contribution in [0.1, 0.15) is 94.5 Å². The number of hydrogen-bond donors (Lipinski definition) is 1. The van der Waals surface area contributed by atoms with Gasteiger partial charge in [0, 0.05) is 17.3 Å². The van der Waals surface area contributed by atoms with Gasteiger partial charge in [0.05, 0.1) is 12.2 Å². The normalized spacial score (nSPS) is 24.3. The van der Waals surface area contributed by atoms with Gasteiger partial charge in [0.25, 0.3) is 0 Å². The van der Waals surface area contributed by atoms with Crippen molar-refractivity contribution < 1.29 is 0 Å². The zero-order valence-electron chi connectivity index (χ0n) is 13.6. The quantitative estimate of drug-likeness (QED) is 0.651. The molecule has 0 bridgehead atoms. The average Bonchev–Trinajstić information content (AvgIpc) is 2.71. The van der Waals surface area contributed by atoms with Crippen molar-refractivity contribution in [3.05, 3.63) is 17.5 Å². The van der Waals surface area contributed by atoms with Crippen molar-refractivity contribution in [3.8, 4) is 0 Å². The standard InChI is InChI=1S/C18H31N3/c1-2-13-19-17-11-7-8-12-18-16(17)14-20-21(18)15-9-5-3-4-6-10-15/h14-15,17,19H,2-13H2,1H3. The second-order valence-electron chi connectivity index (χ2n) is 6.89. The van der Waals surface area contributed by atoms with Crippen molar-refractivity contribution in [2.24, 2.45) is 0 Å². The van der Waals surface area contributed by atoms with Gasteiger partial charge in [-0.2, -0.15) is 5.10 Å². The summed E-state index contributed by atoms with van der Waals surface area (Å²) >= 11 is 0. The number of nitrogens with one attached hydrogen (secondary N) is 1. The molecule has 1 saturated carbocycles. The van der Waals surface area contributed by atoms with Crippen LogP contribution in [0.4, 0.5) is 0 Å². The second-order valence-corrected chi connectivity index (χ2v) is 6.89. The fraction of sp³-hybridized carbons (Fsp3) is 0.833. The second kappa shape index (κ2) is 7.44. The molecular formula is C18H31N3. The van der Waals surface area contributed by atoms with E-state index in [-0.39, 0.29) is 0 Å². The van der Waals surface area contributed by atoms with Gasteiger partial charge in [-0.05, 0) is 45.1 Å². The summed E-state index contributed by atoms with van der Waals surface area (Å²) in [5.41, 5.74) is 3.05. The lowest BCUT2D eigenvalue weighted by Crippen LogP contribution is -2.22. The molecule has 0 radical (unpaired) electrons. The van der Waals surface area contributed by atoms with E-state index in [0.29, 0.717) is 12.1 Å². The predicted octanol–water partition coefficient (Wildman–Crippen LogP) is 4.55. The molecule has 2 aliphatic rings. The van der Waals surface area contributed by atoms with Gasteiger partial charge < -0.3 is 5.32 Å². The van der Waals surface area contributed by atoms with Crippen LogP contribution in [0.2, 0.25) is 0 Å². The van der Waals surface area contributed by atoms with E-state index in [1.165, 1.54) is 76.2 Å². The van der Waals surface area contributed by atoms with Crippen LogP contribution in [0.25, 0.3) is 0 Å². The first-order valence-electron chi connectivity index (χ1n) is 9.19. The number of aromatic nitrogens is 2. The maximum atomic E-state index is 4.84. The van der Waals surface area contributed by atoms with E-state index >= 15 is 0 Å². The lowest BCUT2D eigenvalue weighted by atomic mass is 10.0. The van der Waals surface area contributed by atoms with Crippen molar-refractivity contribution in [3.63, 3.8) is 0 Å². The molecule has 3 nitrogen and oxygen atoms in total. The van der Waals surface area contributed by atoms with E-state index in [9.17, 15) is 0 Å². The van der Waals surface area contributed by atoms with Crippen LogP contribution in [-0.4, -0.2) is 16.3 Å². The molecule has 118 valence electrons. The number of nitrogens with zero attached hydrogens (tertiary/aromatic N) is 2. The largest absolute Gasteiger partial charge is 0.310 e. The van der Waals surface area contributed by atoms with Crippen molar-refractivity contribution in [2.45, 2.75) is 89.6 Å². The van der Waals surface area contributed by atoms with E-state index in [0.717, 1.165) is 6.54 Å². The lowest BCUT2D eigenvalue weighted by Gasteiger charge is -2.20.